The Morgan fingerprint density at radius 1 is 1.29 bits per heavy atom. The summed E-state index contributed by atoms with van der Waals surface area (Å²) in [6.45, 7) is 5.77. The van der Waals surface area contributed by atoms with Gasteiger partial charge in [-0.05, 0) is 36.3 Å². The molecule has 1 amide bonds. The van der Waals surface area contributed by atoms with Crippen LogP contribution in [0.1, 0.15) is 35.5 Å². The first-order chi connectivity index (χ1) is 9.90. The number of nitrogens with one attached hydrogen (secondary N) is 1. The van der Waals surface area contributed by atoms with Crippen molar-refractivity contribution in [3.05, 3.63) is 34.7 Å². The third-order valence-corrected chi connectivity index (χ3v) is 4.63. The van der Waals surface area contributed by atoms with Crippen LogP contribution in [0.4, 0.5) is 0 Å². The van der Waals surface area contributed by atoms with Gasteiger partial charge in [0.15, 0.2) is 0 Å². The number of fused-ring (bicyclic) bond motifs is 1. The molecular formula is C16H19NO3S. The number of amides is 1. The van der Waals surface area contributed by atoms with Crippen molar-refractivity contribution in [2.45, 2.75) is 33.2 Å². The van der Waals surface area contributed by atoms with Gasteiger partial charge in [0, 0.05) is 4.70 Å². The Kier molecular flexibility index (Phi) is 4.63. The van der Waals surface area contributed by atoms with Crippen LogP contribution in [0.2, 0.25) is 0 Å². The fraction of sp³-hybridized carbons (Fsp3) is 0.375. The second-order valence-electron chi connectivity index (χ2n) is 5.55. The van der Waals surface area contributed by atoms with Crippen molar-refractivity contribution in [3.8, 4) is 0 Å². The number of hydrogen-bond donors (Lipinski definition) is 2. The Labute approximate surface area is 127 Å². The number of carbonyl (C=O) groups excluding carboxylic acids is 1. The average Bonchev–Trinajstić information content (AvgIpc) is 2.75. The first-order valence-corrected chi connectivity index (χ1v) is 7.73. The van der Waals surface area contributed by atoms with Gasteiger partial charge in [-0.25, -0.2) is 4.79 Å². The predicted octanol–water partition coefficient (Wildman–Crippen LogP) is 3.44. The maximum atomic E-state index is 12.4. The molecule has 0 aliphatic carbocycles. The van der Waals surface area contributed by atoms with Gasteiger partial charge in [-0.1, -0.05) is 32.0 Å². The molecule has 0 aliphatic rings. The summed E-state index contributed by atoms with van der Waals surface area (Å²) in [6, 6.07) is 6.95. The van der Waals surface area contributed by atoms with Crippen molar-refractivity contribution < 1.29 is 14.7 Å². The smallest absolute Gasteiger partial charge is 0.326 e. The lowest BCUT2D eigenvalue weighted by Crippen LogP contribution is -2.41. The first-order valence-electron chi connectivity index (χ1n) is 6.92. The maximum Gasteiger partial charge on any atom is 0.326 e. The van der Waals surface area contributed by atoms with E-state index < -0.39 is 12.0 Å². The lowest BCUT2D eigenvalue weighted by Gasteiger charge is -2.16. The number of carbonyl (C=O) groups is 2. The Morgan fingerprint density at radius 3 is 2.52 bits per heavy atom. The lowest BCUT2D eigenvalue weighted by atomic mass is 10.0. The van der Waals surface area contributed by atoms with E-state index in [0.29, 0.717) is 11.3 Å². The summed E-state index contributed by atoms with van der Waals surface area (Å²) in [6.07, 6.45) is 0.422. The number of aliphatic carboxylic acids is 1. The summed E-state index contributed by atoms with van der Waals surface area (Å²) in [4.78, 5) is 24.2. The van der Waals surface area contributed by atoms with Crippen molar-refractivity contribution in [1.82, 2.24) is 5.32 Å². The summed E-state index contributed by atoms with van der Waals surface area (Å²) in [5.41, 5.74) is 0.904. The molecule has 0 radical (unpaired) electrons. The van der Waals surface area contributed by atoms with E-state index in [4.69, 9.17) is 0 Å². The van der Waals surface area contributed by atoms with Crippen molar-refractivity contribution >= 4 is 33.3 Å². The fourth-order valence-corrected chi connectivity index (χ4v) is 3.42. The van der Waals surface area contributed by atoms with E-state index in [9.17, 15) is 14.7 Å². The van der Waals surface area contributed by atoms with Crippen LogP contribution in [0.5, 0.6) is 0 Å². The topological polar surface area (TPSA) is 66.4 Å². The van der Waals surface area contributed by atoms with Crippen LogP contribution < -0.4 is 5.32 Å². The second-order valence-corrected chi connectivity index (χ2v) is 6.60. The van der Waals surface area contributed by atoms with Crippen molar-refractivity contribution in [3.63, 3.8) is 0 Å². The number of carboxylic acid groups (broad SMARTS) is 1. The van der Waals surface area contributed by atoms with Crippen LogP contribution >= 0.6 is 11.3 Å². The summed E-state index contributed by atoms with van der Waals surface area (Å²) < 4.78 is 1.04. The van der Waals surface area contributed by atoms with E-state index in [1.807, 2.05) is 45.0 Å². The Hall–Kier alpha value is -1.88. The van der Waals surface area contributed by atoms with Crippen LogP contribution in [0.3, 0.4) is 0 Å². The monoisotopic (exact) mass is 305 g/mol. The minimum Gasteiger partial charge on any atom is -0.480 e. The van der Waals surface area contributed by atoms with Crippen LogP contribution in [-0.4, -0.2) is 23.0 Å². The van der Waals surface area contributed by atoms with Crippen LogP contribution in [-0.2, 0) is 4.79 Å². The van der Waals surface area contributed by atoms with Gasteiger partial charge >= 0.3 is 5.97 Å². The molecule has 2 rings (SSSR count). The number of thiophene rings is 1. The third-order valence-electron chi connectivity index (χ3n) is 3.36. The predicted molar refractivity (Wildman–Crippen MR) is 84.9 cm³/mol. The van der Waals surface area contributed by atoms with E-state index >= 15 is 0 Å². The number of aryl methyl sites for hydroxylation is 1. The van der Waals surface area contributed by atoms with Crippen molar-refractivity contribution in [2.75, 3.05) is 0 Å². The number of rotatable bonds is 5. The van der Waals surface area contributed by atoms with Crippen LogP contribution in [0.15, 0.2) is 24.3 Å². The highest BCUT2D eigenvalue weighted by Crippen LogP contribution is 2.30. The van der Waals surface area contributed by atoms with Crippen molar-refractivity contribution in [1.29, 1.82) is 0 Å². The highest BCUT2D eigenvalue weighted by molar-refractivity contribution is 7.21. The SMILES string of the molecule is Cc1c(C(=O)N[C@H](CC(C)C)C(=O)O)sc2ccccc12. The van der Waals surface area contributed by atoms with Gasteiger partial charge < -0.3 is 10.4 Å². The quantitative estimate of drug-likeness (QED) is 0.889. The summed E-state index contributed by atoms with van der Waals surface area (Å²) >= 11 is 1.40. The van der Waals surface area contributed by atoms with Gasteiger partial charge in [0.25, 0.3) is 5.91 Å². The zero-order chi connectivity index (χ0) is 15.6. The van der Waals surface area contributed by atoms with E-state index in [-0.39, 0.29) is 11.8 Å². The summed E-state index contributed by atoms with van der Waals surface area (Å²) in [5.74, 6) is -1.09. The molecule has 1 heterocycles. The number of carboxylic acids is 1. The molecule has 2 aromatic rings. The first kappa shape index (κ1) is 15.5. The van der Waals surface area contributed by atoms with Gasteiger partial charge in [-0.3, -0.25) is 4.79 Å². The third kappa shape index (κ3) is 3.42. The normalized spacial score (nSPS) is 12.6. The minimum atomic E-state index is -0.990. The molecule has 0 saturated carbocycles. The largest absolute Gasteiger partial charge is 0.480 e. The molecule has 5 heteroatoms. The fourth-order valence-electron chi connectivity index (χ4n) is 2.31. The molecule has 21 heavy (non-hydrogen) atoms. The van der Waals surface area contributed by atoms with E-state index in [1.165, 1.54) is 11.3 Å². The standard InChI is InChI=1S/C16H19NO3S/c1-9(2)8-12(16(19)20)17-15(18)14-10(3)11-6-4-5-7-13(11)21-14/h4-7,9,12H,8H2,1-3H3,(H,17,18)(H,19,20)/t12-/m1/s1. The van der Waals surface area contributed by atoms with Gasteiger partial charge in [-0.15, -0.1) is 11.3 Å². The molecule has 2 N–H and O–H groups in total. The Bertz CT molecular complexity index is 675. The molecular weight excluding hydrogens is 286 g/mol. The Morgan fingerprint density at radius 2 is 1.95 bits per heavy atom. The number of hydrogen-bond acceptors (Lipinski definition) is 3. The average molecular weight is 305 g/mol. The lowest BCUT2D eigenvalue weighted by molar-refractivity contribution is -0.139. The minimum absolute atomic E-state index is 0.204. The molecule has 0 saturated heterocycles. The molecule has 0 bridgehead atoms. The summed E-state index contributed by atoms with van der Waals surface area (Å²) in [7, 11) is 0. The van der Waals surface area contributed by atoms with E-state index in [0.717, 1.165) is 15.6 Å². The van der Waals surface area contributed by atoms with Gasteiger partial charge in [0.2, 0.25) is 0 Å². The molecule has 1 atom stereocenters. The molecule has 4 nitrogen and oxygen atoms in total. The molecule has 112 valence electrons. The zero-order valence-electron chi connectivity index (χ0n) is 12.3. The Balaban J connectivity index is 2.25. The van der Waals surface area contributed by atoms with E-state index in [1.54, 1.807) is 0 Å². The van der Waals surface area contributed by atoms with Gasteiger partial charge in [0.05, 0.1) is 4.88 Å². The van der Waals surface area contributed by atoms with Crippen LogP contribution in [0.25, 0.3) is 10.1 Å². The second kappa shape index (κ2) is 6.26. The van der Waals surface area contributed by atoms with Gasteiger partial charge in [-0.2, -0.15) is 0 Å². The molecule has 1 aromatic carbocycles. The summed E-state index contributed by atoms with van der Waals surface area (Å²) in [5, 5.41) is 12.9. The maximum absolute atomic E-state index is 12.4. The number of benzene rings is 1. The molecule has 0 unspecified atom stereocenters. The van der Waals surface area contributed by atoms with Crippen LogP contribution in [0, 0.1) is 12.8 Å². The highest BCUT2D eigenvalue weighted by Gasteiger charge is 2.24. The zero-order valence-corrected chi connectivity index (χ0v) is 13.2. The molecule has 1 aromatic heterocycles. The molecule has 0 fully saturated rings. The molecule has 0 aliphatic heterocycles. The van der Waals surface area contributed by atoms with Crippen molar-refractivity contribution in [2.24, 2.45) is 5.92 Å². The highest BCUT2D eigenvalue weighted by atomic mass is 32.1. The van der Waals surface area contributed by atoms with E-state index in [2.05, 4.69) is 5.32 Å². The van der Waals surface area contributed by atoms with Gasteiger partial charge in [0.1, 0.15) is 6.04 Å². The molecule has 0 spiro atoms.